The van der Waals surface area contributed by atoms with Gasteiger partial charge in [0, 0.05) is 16.6 Å². The van der Waals surface area contributed by atoms with Crippen LogP contribution in [-0.2, 0) is 20.9 Å². The fourth-order valence-electron chi connectivity index (χ4n) is 2.03. The zero-order chi connectivity index (χ0) is 19.8. The van der Waals surface area contributed by atoms with E-state index in [1.165, 1.54) is 12.1 Å². The lowest BCUT2D eigenvalue weighted by Gasteiger charge is -2.10. The number of nitrogens with two attached hydrogens (primary N) is 1. The van der Waals surface area contributed by atoms with Gasteiger partial charge in [-0.1, -0.05) is 41.4 Å². The van der Waals surface area contributed by atoms with E-state index < -0.39 is 31.0 Å². The molecule has 27 heavy (non-hydrogen) atoms. The van der Waals surface area contributed by atoms with Gasteiger partial charge in [0.2, 0.25) is 0 Å². The number of rotatable bonds is 8. The predicted molar refractivity (Wildman–Crippen MR) is 99.7 cm³/mol. The van der Waals surface area contributed by atoms with Gasteiger partial charge in [-0.3, -0.25) is 9.59 Å². The number of carbonyl (C=O) groups excluding carboxylic acids is 3. The number of carbonyl (C=O) groups is 3. The molecule has 0 unspecified atom stereocenters. The number of nitrogens with one attached hydrogen (secondary N) is 1. The monoisotopic (exact) mass is 410 g/mol. The molecule has 0 fully saturated rings. The van der Waals surface area contributed by atoms with Gasteiger partial charge in [0.15, 0.2) is 13.2 Å². The van der Waals surface area contributed by atoms with Crippen LogP contribution in [0.3, 0.4) is 0 Å². The minimum atomic E-state index is -0.769. The van der Waals surface area contributed by atoms with Crippen molar-refractivity contribution in [3.63, 3.8) is 0 Å². The third-order valence-electron chi connectivity index (χ3n) is 3.35. The maximum atomic E-state index is 11.8. The number of hydrogen-bond donors (Lipinski definition) is 2. The van der Waals surface area contributed by atoms with Crippen molar-refractivity contribution >= 4 is 41.0 Å². The fourth-order valence-corrected chi connectivity index (χ4v) is 2.51. The zero-order valence-corrected chi connectivity index (χ0v) is 15.5. The lowest BCUT2D eigenvalue weighted by molar-refractivity contribution is -0.150. The molecule has 3 N–H and O–H groups in total. The molecule has 2 rings (SSSR count). The number of para-hydroxylation sites is 1. The van der Waals surface area contributed by atoms with Gasteiger partial charge >= 0.3 is 5.97 Å². The number of hydrogen-bond acceptors (Lipinski definition) is 5. The largest absolute Gasteiger partial charge is 0.481 e. The van der Waals surface area contributed by atoms with Gasteiger partial charge in [0.25, 0.3) is 11.8 Å². The first-order valence-corrected chi connectivity index (χ1v) is 8.50. The molecule has 7 nitrogen and oxygen atoms in total. The van der Waals surface area contributed by atoms with Gasteiger partial charge in [-0.15, -0.1) is 0 Å². The van der Waals surface area contributed by atoms with Crippen molar-refractivity contribution in [1.82, 2.24) is 5.32 Å². The van der Waals surface area contributed by atoms with E-state index in [2.05, 4.69) is 5.32 Å². The van der Waals surface area contributed by atoms with E-state index in [1.54, 1.807) is 30.3 Å². The van der Waals surface area contributed by atoms with Crippen LogP contribution < -0.4 is 15.8 Å². The lowest BCUT2D eigenvalue weighted by atomic mass is 10.2. The van der Waals surface area contributed by atoms with Crippen molar-refractivity contribution in [1.29, 1.82) is 0 Å². The Morgan fingerprint density at radius 3 is 2.48 bits per heavy atom. The Labute approximate surface area is 165 Å². The van der Waals surface area contributed by atoms with Crippen molar-refractivity contribution in [2.45, 2.75) is 6.54 Å². The first-order chi connectivity index (χ1) is 12.9. The van der Waals surface area contributed by atoms with Crippen LogP contribution in [0.25, 0.3) is 0 Å². The van der Waals surface area contributed by atoms with Crippen molar-refractivity contribution in [2.24, 2.45) is 5.73 Å². The van der Waals surface area contributed by atoms with Crippen LogP contribution in [0.5, 0.6) is 5.75 Å². The average molecular weight is 411 g/mol. The quantitative estimate of drug-likeness (QED) is 0.649. The van der Waals surface area contributed by atoms with Crippen LogP contribution >= 0.6 is 23.2 Å². The molecule has 0 aliphatic heterocycles. The number of benzene rings is 2. The molecule has 2 aromatic rings. The average Bonchev–Trinajstić information content (AvgIpc) is 2.64. The first-order valence-electron chi connectivity index (χ1n) is 7.74. The summed E-state index contributed by atoms with van der Waals surface area (Å²) in [5, 5.41) is 3.47. The van der Waals surface area contributed by atoms with Gasteiger partial charge in [-0.05, 0) is 29.8 Å². The molecule has 0 bridgehead atoms. The summed E-state index contributed by atoms with van der Waals surface area (Å²) in [7, 11) is 0. The third kappa shape index (κ3) is 6.47. The highest BCUT2D eigenvalue weighted by Gasteiger charge is 2.12. The van der Waals surface area contributed by atoms with E-state index in [1.807, 2.05) is 0 Å². The van der Waals surface area contributed by atoms with E-state index in [0.29, 0.717) is 15.6 Å². The molecule has 0 aromatic heterocycles. The second kappa shape index (κ2) is 9.80. The molecule has 0 spiro atoms. The van der Waals surface area contributed by atoms with Crippen molar-refractivity contribution in [3.05, 3.63) is 63.6 Å². The number of esters is 1. The maximum absolute atomic E-state index is 11.8. The van der Waals surface area contributed by atoms with Crippen LogP contribution in [0.4, 0.5) is 0 Å². The molecule has 0 radical (unpaired) electrons. The lowest BCUT2D eigenvalue weighted by Crippen LogP contribution is -2.29. The first kappa shape index (κ1) is 20.5. The number of halogens is 2. The summed E-state index contributed by atoms with van der Waals surface area (Å²) in [5.74, 6) is -1.80. The van der Waals surface area contributed by atoms with Gasteiger partial charge in [-0.2, -0.15) is 0 Å². The van der Waals surface area contributed by atoms with Gasteiger partial charge < -0.3 is 20.5 Å². The summed E-state index contributed by atoms with van der Waals surface area (Å²) in [4.78, 5) is 34.7. The Bertz CT molecular complexity index is 857. The van der Waals surface area contributed by atoms with Crippen LogP contribution in [0.15, 0.2) is 42.5 Å². The number of amides is 2. The van der Waals surface area contributed by atoms with Crippen molar-refractivity contribution in [2.75, 3.05) is 13.2 Å². The van der Waals surface area contributed by atoms with Crippen LogP contribution in [-0.4, -0.2) is 31.0 Å². The summed E-state index contributed by atoms with van der Waals surface area (Å²) in [6.45, 7) is -0.791. The molecule has 0 aliphatic rings. The van der Waals surface area contributed by atoms with Crippen LogP contribution in [0, 0.1) is 0 Å². The topological polar surface area (TPSA) is 108 Å². The van der Waals surface area contributed by atoms with Crippen LogP contribution in [0.1, 0.15) is 15.9 Å². The van der Waals surface area contributed by atoms with Gasteiger partial charge in [0.1, 0.15) is 5.75 Å². The molecule has 142 valence electrons. The van der Waals surface area contributed by atoms with Crippen LogP contribution in [0.2, 0.25) is 10.0 Å². The zero-order valence-electron chi connectivity index (χ0n) is 14.0. The van der Waals surface area contributed by atoms with Crippen molar-refractivity contribution < 1.29 is 23.9 Å². The fraction of sp³-hybridized carbons (Fsp3) is 0.167. The Hall–Kier alpha value is -2.77. The summed E-state index contributed by atoms with van der Waals surface area (Å²) in [5.41, 5.74) is 6.03. The Balaban J connectivity index is 1.75. The Kier molecular flexibility index (Phi) is 7.45. The molecular weight excluding hydrogens is 395 g/mol. The van der Waals surface area contributed by atoms with E-state index in [0.717, 1.165) is 0 Å². The normalized spacial score (nSPS) is 10.1. The summed E-state index contributed by atoms with van der Waals surface area (Å²) < 4.78 is 10.0. The molecule has 0 saturated carbocycles. The maximum Gasteiger partial charge on any atom is 0.344 e. The Morgan fingerprint density at radius 1 is 1.04 bits per heavy atom. The second-order valence-electron chi connectivity index (χ2n) is 5.32. The molecule has 0 atom stereocenters. The standard InChI is InChI=1S/C18H16Cl2N2O5/c19-12-6-5-11(14(20)7-12)8-22-16(23)9-27-17(24)10-26-15-4-2-1-3-13(15)18(21)25/h1-7H,8-10H2,(H2,21,25)(H,22,23). The molecule has 0 heterocycles. The number of ether oxygens (including phenoxy) is 2. The number of primary amides is 1. The van der Waals surface area contributed by atoms with E-state index in [-0.39, 0.29) is 17.9 Å². The van der Waals surface area contributed by atoms with E-state index in [9.17, 15) is 14.4 Å². The molecule has 0 aliphatic carbocycles. The minimum Gasteiger partial charge on any atom is -0.481 e. The summed E-state index contributed by atoms with van der Waals surface area (Å²) in [6.07, 6.45) is 0. The molecular formula is C18H16Cl2N2O5. The van der Waals surface area contributed by atoms with Gasteiger partial charge in [-0.25, -0.2) is 4.79 Å². The highest BCUT2D eigenvalue weighted by atomic mass is 35.5. The second-order valence-corrected chi connectivity index (χ2v) is 6.17. The summed E-state index contributed by atoms with van der Waals surface area (Å²) in [6, 6.07) is 11.1. The summed E-state index contributed by atoms with van der Waals surface area (Å²) >= 11 is 11.8. The smallest absolute Gasteiger partial charge is 0.344 e. The highest BCUT2D eigenvalue weighted by molar-refractivity contribution is 6.35. The van der Waals surface area contributed by atoms with Gasteiger partial charge in [0.05, 0.1) is 5.56 Å². The molecule has 2 amide bonds. The Morgan fingerprint density at radius 2 is 1.78 bits per heavy atom. The van der Waals surface area contributed by atoms with E-state index >= 15 is 0 Å². The molecule has 0 saturated heterocycles. The molecule has 2 aromatic carbocycles. The third-order valence-corrected chi connectivity index (χ3v) is 3.94. The molecule has 9 heteroatoms. The highest BCUT2D eigenvalue weighted by Crippen LogP contribution is 2.20. The SMILES string of the molecule is NC(=O)c1ccccc1OCC(=O)OCC(=O)NCc1ccc(Cl)cc1Cl. The van der Waals surface area contributed by atoms with Crippen molar-refractivity contribution in [3.8, 4) is 5.75 Å². The van der Waals surface area contributed by atoms with E-state index in [4.69, 9.17) is 38.4 Å². The predicted octanol–water partition coefficient (Wildman–Crippen LogP) is 2.33. The minimum absolute atomic E-state index is 0.142.